The molecule has 0 aliphatic rings. The molecule has 0 amide bonds. The highest BCUT2D eigenvalue weighted by Gasteiger charge is 2.21. The fourth-order valence-electron chi connectivity index (χ4n) is 3.64. The third kappa shape index (κ3) is 3.32. The summed E-state index contributed by atoms with van der Waals surface area (Å²) in [5.74, 6) is 0.204. The number of halogens is 1. The Bertz CT molecular complexity index is 1550. The van der Waals surface area contributed by atoms with Gasteiger partial charge < -0.3 is 4.74 Å². The standard InChI is InChI=1S/C23H19FN6O2/c1-14-26-21-19(23(31)29(14)11-12-32-2)20-22(28-18-6-4-3-5-17(18)27-20)30(21)25-13-15-7-9-16(24)10-8-15/h3-10,13H,11-12H2,1-2H3. The number of hydrogen-bond donors (Lipinski definition) is 0. The average Bonchev–Trinajstić information content (AvgIpc) is 3.09. The van der Waals surface area contributed by atoms with E-state index in [1.165, 1.54) is 16.8 Å². The van der Waals surface area contributed by atoms with Crippen molar-refractivity contribution in [1.82, 2.24) is 24.2 Å². The first-order valence-electron chi connectivity index (χ1n) is 10.0. The Balaban J connectivity index is 1.83. The highest BCUT2D eigenvalue weighted by Crippen LogP contribution is 2.25. The van der Waals surface area contributed by atoms with E-state index in [0.717, 1.165) is 0 Å². The molecule has 32 heavy (non-hydrogen) atoms. The van der Waals surface area contributed by atoms with Crippen molar-refractivity contribution in [3.63, 3.8) is 0 Å². The Labute approximate surface area is 181 Å². The summed E-state index contributed by atoms with van der Waals surface area (Å²) in [4.78, 5) is 27.5. The van der Waals surface area contributed by atoms with E-state index in [4.69, 9.17) is 14.7 Å². The van der Waals surface area contributed by atoms with Crippen LogP contribution >= 0.6 is 0 Å². The molecule has 0 fully saturated rings. The molecule has 5 aromatic rings. The normalized spacial score (nSPS) is 12.0. The summed E-state index contributed by atoms with van der Waals surface area (Å²) in [7, 11) is 1.58. The van der Waals surface area contributed by atoms with E-state index in [1.807, 2.05) is 24.3 Å². The largest absolute Gasteiger partial charge is 0.383 e. The lowest BCUT2D eigenvalue weighted by Crippen LogP contribution is -2.25. The van der Waals surface area contributed by atoms with Crippen molar-refractivity contribution in [2.45, 2.75) is 13.5 Å². The number of rotatable bonds is 5. The molecule has 0 aliphatic carbocycles. The number of nitrogens with zero attached hydrogens (tertiary/aromatic N) is 6. The van der Waals surface area contributed by atoms with Gasteiger partial charge >= 0.3 is 0 Å². The Morgan fingerprint density at radius 2 is 1.75 bits per heavy atom. The van der Waals surface area contributed by atoms with E-state index >= 15 is 0 Å². The minimum absolute atomic E-state index is 0.227. The van der Waals surface area contributed by atoms with Gasteiger partial charge in [0, 0.05) is 7.11 Å². The third-order valence-corrected chi connectivity index (χ3v) is 5.24. The molecule has 9 heteroatoms. The van der Waals surface area contributed by atoms with Crippen LogP contribution in [0.2, 0.25) is 0 Å². The number of hydrogen-bond acceptors (Lipinski definition) is 6. The van der Waals surface area contributed by atoms with Crippen LogP contribution < -0.4 is 5.56 Å². The van der Waals surface area contributed by atoms with Crippen LogP contribution in [0.25, 0.3) is 33.2 Å². The van der Waals surface area contributed by atoms with Gasteiger partial charge in [-0.15, -0.1) is 0 Å². The van der Waals surface area contributed by atoms with E-state index < -0.39 is 0 Å². The predicted octanol–water partition coefficient (Wildman–Crippen LogP) is 3.27. The van der Waals surface area contributed by atoms with E-state index in [1.54, 1.807) is 36.9 Å². The molecule has 8 nitrogen and oxygen atoms in total. The lowest BCUT2D eigenvalue weighted by atomic mass is 10.2. The molecular formula is C23H19FN6O2. The molecule has 0 atom stereocenters. The topological polar surface area (TPSA) is 87.2 Å². The zero-order chi connectivity index (χ0) is 22.2. The van der Waals surface area contributed by atoms with E-state index in [2.05, 4.69) is 10.1 Å². The summed E-state index contributed by atoms with van der Waals surface area (Å²) in [6.45, 7) is 2.51. The van der Waals surface area contributed by atoms with Crippen molar-refractivity contribution in [3.05, 3.63) is 76.1 Å². The van der Waals surface area contributed by atoms with Crippen LogP contribution in [0.3, 0.4) is 0 Å². The second-order valence-corrected chi connectivity index (χ2v) is 7.30. The zero-order valence-electron chi connectivity index (χ0n) is 17.5. The Morgan fingerprint density at radius 1 is 1.03 bits per heavy atom. The minimum Gasteiger partial charge on any atom is -0.383 e. The molecule has 5 rings (SSSR count). The molecule has 0 saturated heterocycles. The van der Waals surface area contributed by atoms with Gasteiger partial charge in [0.2, 0.25) is 0 Å². The molecule has 3 heterocycles. The number of methoxy groups -OCH3 is 1. The first-order chi connectivity index (χ1) is 15.6. The van der Waals surface area contributed by atoms with Crippen molar-refractivity contribution < 1.29 is 9.13 Å². The molecule has 0 unspecified atom stereocenters. The highest BCUT2D eigenvalue weighted by molar-refractivity contribution is 6.04. The smallest absolute Gasteiger partial charge is 0.265 e. The summed E-state index contributed by atoms with van der Waals surface area (Å²) >= 11 is 0. The fraction of sp³-hybridized carbons (Fsp3) is 0.174. The monoisotopic (exact) mass is 430 g/mol. The molecule has 0 aliphatic heterocycles. The maximum absolute atomic E-state index is 13.4. The number of para-hydroxylation sites is 2. The molecule has 0 spiro atoms. The third-order valence-electron chi connectivity index (χ3n) is 5.24. The molecule has 0 bridgehead atoms. The van der Waals surface area contributed by atoms with Gasteiger partial charge in [0.15, 0.2) is 11.3 Å². The van der Waals surface area contributed by atoms with E-state index in [-0.39, 0.29) is 11.4 Å². The van der Waals surface area contributed by atoms with Crippen LogP contribution in [0, 0.1) is 12.7 Å². The van der Waals surface area contributed by atoms with Crippen molar-refractivity contribution in [2.24, 2.45) is 5.10 Å². The number of fused-ring (bicyclic) bond motifs is 4. The number of benzene rings is 2. The average molecular weight is 430 g/mol. The lowest BCUT2D eigenvalue weighted by molar-refractivity contribution is 0.185. The summed E-state index contributed by atoms with van der Waals surface area (Å²) < 4.78 is 21.5. The number of aryl methyl sites for hydroxylation is 1. The maximum atomic E-state index is 13.4. The Kier molecular flexibility index (Phi) is 4.95. The second-order valence-electron chi connectivity index (χ2n) is 7.30. The molecule has 0 saturated carbocycles. The minimum atomic E-state index is -0.328. The Hall–Kier alpha value is -3.98. The van der Waals surface area contributed by atoms with Gasteiger partial charge in [-0.25, -0.2) is 19.3 Å². The van der Waals surface area contributed by atoms with Crippen LogP contribution in [0.15, 0.2) is 58.4 Å². The molecule has 160 valence electrons. The lowest BCUT2D eigenvalue weighted by Gasteiger charge is -2.08. The van der Waals surface area contributed by atoms with Crippen LogP contribution in [0.5, 0.6) is 0 Å². The van der Waals surface area contributed by atoms with Crippen molar-refractivity contribution >= 4 is 39.4 Å². The summed E-state index contributed by atoms with van der Waals surface area (Å²) in [5.41, 5.74) is 3.03. The molecule has 2 aromatic carbocycles. The van der Waals surface area contributed by atoms with Crippen LogP contribution in [-0.4, -0.2) is 44.1 Å². The first kappa shape index (κ1) is 20.0. The quantitative estimate of drug-likeness (QED) is 0.400. The van der Waals surface area contributed by atoms with Crippen LogP contribution in [0.4, 0.5) is 4.39 Å². The molecule has 0 radical (unpaired) electrons. The molecule has 3 aromatic heterocycles. The van der Waals surface area contributed by atoms with Gasteiger partial charge in [-0.2, -0.15) is 9.78 Å². The SMILES string of the molecule is COCCn1c(C)nc2c(c1=O)c1nc3ccccc3nc1n2N=Cc1ccc(F)cc1. The number of aromatic nitrogens is 5. The van der Waals surface area contributed by atoms with Crippen LogP contribution in [-0.2, 0) is 11.3 Å². The van der Waals surface area contributed by atoms with Crippen LogP contribution in [0.1, 0.15) is 11.4 Å². The summed E-state index contributed by atoms with van der Waals surface area (Å²) in [6.07, 6.45) is 1.57. The van der Waals surface area contributed by atoms with Crippen molar-refractivity contribution in [2.75, 3.05) is 13.7 Å². The van der Waals surface area contributed by atoms with Gasteiger partial charge in [-0.1, -0.05) is 24.3 Å². The van der Waals surface area contributed by atoms with Gasteiger partial charge in [0.25, 0.3) is 5.56 Å². The van der Waals surface area contributed by atoms with E-state index in [0.29, 0.717) is 57.8 Å². The Morgan fingerprint density at radius 3 is 2.47 bits per heavy atom. The molecule has 0 N–H and O–H groups in total. The van der Waals surface area contributed by atoms with Crippen molar-refractivity contribution in [1.29, 1.82) is 0 Å². The van der Waals surface area contributed by atoms with Crippen molar-refractivity contribution in [3.8, 4) is 0 Å². The fourth-order valence-corrected chi connectivity index (χ4v) is 3.64. The maximum Gasteiger partial charge on any atom is 0.265 e. The predicted molar refractivity (Wildman–Crippen MR) is 121 cm³/mol. The highest BCUT2D eigenvalue weighted by atomic mass is 19.1. The first-order valence-corrected chi connectivity index (χ1v) is 10.0. The van der Waals surface area contributed by atoms with Gasteiger partial charge in [-0.3, -0.25) is 9.36 Å². The van der Waals surface area contributed by atoms with Gasteiger partial charge in [-0.05, 0) is 36.8 Å². The van der Waals surface area contributed by atoms with Gasteiger partial charge in [0.1, 0.15) is 22.5 Å². The zero-order valence-corrected chi connectivity index (χ0v) is 17.5. The second kappa shape index (κ2) is 7.93. The molecular weight excluding hydrogens is 411 g/mol. The summed E-state index contributed by atoms with van der Waals surface area (Å²) in [5, 5.41) is 4.88. The summed E-state index contributed by atoms with van der Waals surface area (Å²) in [6, 6.07) is 13.4. The van der Waals surface area contributed by atoms with Gasteiger partial charge in [0.05, 0.1) is 30.4 Å². The number of ether oxygens (including phenoxy) is 1. The van der Waals surface area contributed by atoms with E-state index in [9.17, 15) is 9.18 Å².